The van der Waals surface area contributed by atoms with Crippen LogP contribution in [0.4, 0.5) is 0 Å². The van der Waals surface area contributed by atoms with Crippen molar-refractivity contribution in [2.24, 2.45) is 0 Å². The molecule has 6 nitrogen and oxygen atoms in total. The number of ether oxygens (including phenoxy) is 3. The Kier molecular flexibility index (Phi) is 49.0. The molecular weight excluding hydrogens is 793 g/mol. The summed E-state index contributed by atoms with van der Waals surface area (Å²) in [5.74, 6) is -1.02. The largest absolute Gasteiger partial charge is 0.462 e. The molecule has 0 aromatic carbocycles. The van der Waals surface area contributed by atoms with Crippen LogP contribution in [0.15, 0.2) is 97.2 Å². The van der Waals surface area contributed by atoms with Gasteiger partial charge in [0.25, 0.3) is 0 Å². The Balaban J connectivity index is 4.54. The second kappa shape index (κ2) is 52.0. The van der Waals surface area contributed by atoms with Crippen LogP contribution in [0.3, 0.4) is 0 Å². The van der Waals surface area contributed by atoms with Crippen molar-refractivity contribution in [1.82, 2.24) is 0 Å². The minimum absolute atomic E-state index is 0.116. The summed E-state index contributed by atoms with van der Waals surface area (Å²) >= 11 is 0. The first kappa shape index (κ1) is 60.3. The summed E-state index contributed by atoms with van der Waals surface area (Å²) in [5, 5.41) is 0. The lowest BCUT2D eigenvalue weighted by Gasteiger charge is -2.18. The van der Waals surface area contributed by atoms with E-state index in [0.717, 1.165) is 96.3 Å². The fraction of sp³-hybridized carbons (Fsp3) is 0.672. The molecule has 0 aromatic rings. The van der Waals surface area contributed by atoms with E-state index < -0.39 is 6.10 Å². The lowest BCUT2D eigenvalue weighted by Crippen LogP contribution is -2.30. The summed E-state index contributed by atoms with van der Waals surface area (Å²) in [6.45, 7) is 6.40. The van der Waals surface area contributed by atoms with E-state index in [1.807, 2.05) is 0 Å². The highest BCUT2D eigenvalue weighted by atomic mass is 16.6. The smallest absolute Gasteiger partial charge is 0.306 e. The number of rotatable bonds is 46. The van der Waals surface area contributed by atoms with Crippen molar-refractivity contribution < 1.29 is 28.6 Å². The third-order valence-electron chi connectivity index (χ3n) is 10.9. The van der Waals surface area contributed by atoms with Crippen molar-refractivity contribution in [2.75, 3.05) is 13.2 Å². The van der Waals surface area contributed by atoms with Gasteiger partial charge in [0.15, 0.2) is 6.10 Å². The molecule has 1 atom stereocenters. The van der Waals surface area contributed by atoms with Gasteiger partial charge in [0, 0.05) is 19.3 Å². The summed E-state index contributed by atoms with van der Waals surface area (Å²) in [6, 6.07) is 0. The predicted molar refractivity (Wildman–Crippen MR) is 274 cm³/mol. The molecule has 364 valence electrons. The molecule has 0 saturated carbocycles. The predicted octanol–water partition coefficient (Wildman–Crippen LogP) is 17.4. The first-order valence-corrected chi connectivity index (χ1v) is 26.3. The number of carbonyl (C=O) groups is 3. The number of hydrogen-bond acceptors (Lipinski definition) is 6. The molecule has 0 saturated heterocycles. The third kappa shape index (κ3) is 49.3. The Hall–Kier alpha value is -3.67. The quantitative estimate of drug-likeness (QED) is 0.0199. The molecule has 0 aliphatic rings. The first-order chi connectivity index (χ1) is 31.5. The van der Waals surface area contributed by atoms with Gasteiger partial charge < -0.3 is 14.2 Å². The monoisotopic (exact) mass is 889 g/mol. The highest BCUT2D eigenvalue weighted by Crippen LogP contribution is 2.13. The minimum atomic E-state index is -0.821. The zero-order valence-electron chi connectivity index (χ0n) is 41.5. The van der Waals surface area contributed by atoms with Gasteiger partial charge in [-0.05, 0) is 96.3 Å². The zero-order valence-corrected chi connectivity index (χ0v) is 41.5. The van der Waals surface area contributed by atoms with E-state index in [4.69, 9.17) is 14.2 Å². The zero-order chi connectivity index (χ0) is 46.5. The van der Waals surface area contributed by atoms with Crippen LogP contribution < -0.4 is 0 Å². The molecule has 0 N–H and O–H groups in total. The van der Waals surface area contributed by atoms with Gasteiger partial charge in [-0.2, -0.15) is 0 Å². The number of esters is 3. The third-order valence-corrected chi connectivity index (χ3v) is 10.9. The van der Waals surface area contributed by atoms with Crippen molar-refractivity contribution in [3.05, 3.63) is 97.2 Å². The van der Waals surface area contributed by atoms with E-state index in [1.54, 1.807) is 0 Å². The SMILES string of the molecule is CC\C=C/C=C\C=C/CCCCCCCC(=O)OCC(COC(=O)CCC/C=C\C/C=C\C/C=C\CCCCCCCC)OC(=O)CCCCC/C=C\C=C/CCCCCCCCC. The van der Waals surface area contributed by atoms with Crippen LogP contribution in [-0.2, 0) is 28.6 Å². The van der Waals surface area contributed by atoms with E-state index in [-0.39, 0.29) is 44.0 Å². The molecule has 6 heteroatoms. The van der Waals surface area contributed by atoms with Crippen LogP contribution in [0.5, 0.6) is 0 Å². The van der Waals surface area contributed by atoms with E-state index in [9.17, 15) is 14.4 Å². The normalized spacial score (nSPS) is 12.9. The van der Waals surface area contributed by atoms with E-state index >= 15 is 0 Å². The van der Waals surface area contributed by atoms with Gasteiger partial charge in [-0.15, -0.1) is 0 Å². The van der Waals surface area contributed by atoms with Crippen molar-refractivity contribution >= 4 is 17.9 Å². The van der Waals surface area contributed by atoms with Crippen LogP contribution in [0.2, 0.25) is 0 Å². The van der Waals surface area contributed by atoms with Gasteiger partial charge in [-0.3, -0.25) is 14.4 Å². The summed E-state index contributed by atoms with van der Waals surface area (Å²) in [4.78, 5) is 38.0. The van der Waals surface area contributed by atoms with Crippen molar-refractivity contribution in [3.8, 4) is 0 Å². The maximum absolute atomic E-state index is 12.8. The number of hydrogen-bond donors (Lipinski definition) is 0. The lowest BCUT2D eigenvalue weighted by atomic mass is 10.1. The fourth-order valence-corrected chi connectivity index (χ4v) is 6.92. The van der Waals surface area contributed by atoms with Crippen LogP contribution in [-0.4, -0.2) is 37.2 Å². The van der Waals surface area contributed by atoms with Gasteiger partial charge in [0.1, 0.15) is 13.2 Å². The summed E-state index contributed by atoms with van der Waals surface area (Å²) in [6.07, 6.45) is 68.3. The maximum atomic E-state index is 12.8. The highest BCUT2D eigenvalue weighted by molar-refractivity contribution is 5.71. The minimum Gasteiger partial charge on any atom is -0.462 e. The molecule has 0 aliphatic heterocycles. The standard InChI is InChI=1S/C58H96O6/c1-4-7-10-13-16-19-22-25-27-29-31-33-36-39-42-45-48-51-57(60)63-54-55(53-62-56(59)50-47-44-41-38-35-32-24-21-18-15-12-9-6-3)64-58(61)52-49-46-43-40-37-34-30-28-26-23-20-17-14-11-8-5-2/h9,12,15,18,21,24-25,27-28,30-31,33-34,37,39,42,55H,4-8,10-11,13-14,16-17,19-20,22-23,26,29,32,35-36,38,40-41,43-54H2,1-3H3/b12-9-,18-15-,24-21-,27-25-,30-28-,33-31-,37-34-,42-39-. The van der Waals surface area contributed by atoms with Gasteiger partial charge >= 0.3 is 17.9 Å². The van der Waals surface area contributed by atoms with Gasteiger partial charge in [-0.25, -0.2) is 0 Å². The van der Waals surface area contributed by atoms with Gasteiger partial charge in [0.05, 0.1) is 0 Å². The maximum Gasteiger partial charge on any atom is 0.306 e. The second-order valence-corrected chi connectivity index (χ2v) is 17.1. The van der Waals surface area contributed by atoms with Crippen molar-refractivity contribution in [3.63, 3.8) is 0 Å². The number of allylic oxidation sites excluding steroid dienone is 16. The van der Waals surface area contributed by atoms with Crippen LogP contribution in [0, 0.1) is 0 Å². The highest BCUT2D eigenvalue weighted by Gasteiger charge is 2.19. The van der Waals surface area contributed by atoms with Gasteiger partial charge in [0.2, 0.25) is 0 Å². The molecule has 0 amide bonds. The van der Waals surface area contributed by atoms with Crippen LogP contribution in [0.1, 0.15) is 233 Å². The molecule has 0 aromatic heterocycles. The molecule has 0 rings (SSSR count). The summed E-state index contributed by atoms with van der Waals surface area (Å²) in [5.41, 5.74) is 0. The molecule has 0 heterocycles. The van der Waals surface area contributed by atoms with Crippen molar-refractivity contribution in [1.29, 1.82) is 0 Å². The van der Waals surface area contributed by atoms with Crippen LogP contribution >= 0.6 is 0 Å². The van der Waals surface area contributed by atoms with E-state index in [0.29, 0.717) is 12.8 Å². The molecular formula is C58H96O6. The topological polar surface area (TPSA) is 78.9 Å². The average molecular weight is 889 g/mol. The van der Waals surface area contributed by atoms with Crippen LogP contribution in [0.25, 0.3) is 0 Å². The molecule has 0 spiro atoms. The van der Waals surface area contributed by atoms with Crippen molar-refractivity contribution in [2.45, 2.75) is 239 Å². The van der Waals surface area contributed by atoms with Gasteiger partial charge in [-0.1, -0.05) is 214 Å². The molecule has 0 fully saturated rings. The first-order valence-electron chi connectivity index (χ1n) is 26.3. The molecule has 0 bridgehead atoms. The number of unbranched alkanes of at least 4 members (excludes halogenated alkanes) is 22. The Labute approximate surface area is 394 Å². The Bertz CT molecular complexity index is 1300. The Morgan fingerprint density at radius 2 is 0.688 bits per heavy atom. The molecule has 0 aliphatic carbocycles. The van der Waals surface area contributed by atoms with E-state index in [1.165, 1.54) is 89.9 Å². The Morgan fingerprint density at radius 1 is 0.344 bits per heavy atom. The summed E-state index contributed by atoms with van der Waals surface area (Å²) < 4.78 is 16.7. The Morgan fingerprint density at radius 3 is 1.17 bits per heavy atom. The molecule has 0 radical (unpaired) electrons. The molecule has 64 heavy (non-hydrogen) atoms. The number of carbonyl (C=O) groups excluding carboxylic acids is 3. The lowest BCUT2D eigenvalue weighted by molar-refractivity contribution is -0.167. The van der Waals surface area contributed by atoms with E-state index in [2.05, 4.69) is 118 Å². The average Bonchev–Trinajstić information content (AvgIpc) is 3.29. The molecule has 1 unspecified atom stereocenters. The second-order valence-electron chi connectivity index (χ2n) is 17.1. The fourth-order valence-electron chi connectivity index (χ4n) is 6.92. The summed E-state index contributed by atoms with van der Waals surface area (Å²) in [7, 11) is 0.